The predicted octanol–water partition coefficient (Wildman–Crippen LogP) is 1.80. The number of hydrogen-bond donors (Lipinski definition) is 1. The van der Waals surface area contributed by atoms with Gasteiger partial charge in [0.1, 0.15) is 0 Å². The quantitative estimate of drug-likeness (QED) is 0.697. The van der Waals surface area contributed by atoms with Gasteiger partial charge in [-0.3, -0.25) is 0 Å². The lowest BCUT2D eigenvalue weighted by Gasteiger charge is -2.03. The van der Waals surface area contributed by atoms with Gasteiger partial charge in [0.15, 0.2) is 0 Å². The molecule has 1 atom stereocenters. The van der Waals surface area contributed by atoms with E-state index >= 15 is 0 Å². The molecule has 1 aromatic rings. The van der Waals surface area contributed by atoms with E-state index in [4.69, 9.17) is 10.5 Å². The van der Waals surface area contributed by atoms with Crippen LogP contribution >= 0.6 is 0 Å². The van der Waals surface area contributed by atoms with Crippen molar-refractivity contribution in [3.63, 3.8) is 0 Å². The molecule has 2 N–H and O–H groups in total. The number of ether oxygens (including phenoxy) is 1. The van der Waals surface area contributed by atoms with E-state index in [0.29, 0.717) is 0 Å². The third-order valence-corrected chi connectivity index (χ3v) is 2.38. The first-order valence-corrected chi connectivity index (χ1v) is 5.61. The van der Waals surface area contributed by atoms with Crippen LogP contribution < -0.4 is 5.73 Å². The lowest BCUT2D eigenvalue weighted by Crippen LogP contribution is -2.17. The van der Waals surface area contributed by atoms with Crippen LogP contribution in [0.5, 0.6) is 0 Å². The Balaban J connectivity index is 2.26. The first-order chi connectivity index (χ1) is 7.22. The van der Waals surface area contributed by atoms with E-state index in [2.05, 4.69) is 23.0 Å². The minimum atomic E-state index is 0.245. The molecule has 15 heavy (non-hydrogen) atoms. The van der Waals surface area contributed by atoms with Gasteiger partial charge in [0.2, 0.25) is 0 Å². The highest BCUT2D eigenvalue weighted by molar-refractivity contribution is 5.11. The van der Waals surface area contributed by atoms with Crippen LogP contribution in [-0.2, 0) is 17.7 Å². The lowest BCUT2D eigenvalue weighted by molar-refractivity contribution is 0.191. The first-order valence-electron chi connectivity index (χ1n) is 5.61. The number of aryl methyl sites for hydroxylation is 1. The molecule has 0 aromatic carbocycles. The SMILES string of the molecule is COCCCCn1ccc(CC(C)N)c1. The number of unbranched alkanes of at least 4 members (excludes halogenated alkanes) is 1. The number of aromatic nitrogens is 1. The van der Waals surface area contributed by atoms with E-state index in [9.17, 15) is 0 Å². The molecule has 1 aromatic heterocycles. The van der Waals surface area contributed by atoms with Crippen LogP contribution in [0.3, 0.4) is 0 Å². The lowest BCUT2D eigenvalue weighted by atomic mass is 10.1. The fourth-order valence-electron chi connectivity index (χ4n) is 1.66. The van der Waals surface area contributed by atoms with E-state index in [0.717, 1.165) is 26.0 Å². The fraction of sp³-hybridized carbons (Fsp3) is 0.667. The monoisotopic (exact) mass is 210 g/mol. The molecule has 86 valence electrons. The van der Waals surface area contributed by atoms with Gasteiger partial charge in [-0.15, -0.1) is 0 Å². The van der Waals surface area contributed by atoms with Gasteiger partial charge >= 0.3 is 0 Å². The molecular weight excluding hydrogens is 188 g/mol. The first kappa shape index (κ1) is 12.3. The van der Waals surface area contributed by atoms with Crippen molar-refractivity contribution in [1.82, 2.24) is 4.57 Å². The zero-order chi connectivity index (χ0) is 11.1. The Labute approximate surface area is 92.2 Å². The van der Waals surface area contributed by atoms with Gasteiger partial charge < -0.3 is 15.0 Å². The topological polar surface area (TPSA) is 40.2 Å². The smallest absolute Gasteiger partial charge is 0.0462 e. The van der Waals surface area contributed by atoms with Crippen molar-refractivity contribution < 1.29 is 4.74 Å². The van der Waals surface area contributed by atoms with Gasteiger partial charge in [-0.25, -0.2) is 0 Å². The second kappa shape index (κ2) is 6.64. The number of hydrogen-bond acceptors (Lipinski definition) is 2. The Morgan fingerprint density at radius 1 is 1.47 bits per heavy atom. The van der Waals surface area contributed by atoms with Crippen molar-refractivity contribution >= 4 is 0 Å². The van der Waals surface area contributed by atoms with Crippen LogP contribution in [0.15, 0.2) is 18.5 Å². The molecule has 1 unspecified atom stereocenters. The van der Waals surface area contributed by atoms with Crippen molar-refractivity contribution in [1.29, 1.82) is 0 Å². The van der Waals surface area contributed by atoms with Crippen molar-refractivity contribution in [2.75, 3.05) is 13.7 Å². The Kier molecular flexibility index (Phi) is 5.43. The molecule has 0 saturated carbocycles. The molecule has 3 nitrogen and oxygen atoms in total. The van der Waals surface area contributed by atoms with Crippen LogP contribution in [0.4, 0.5) is 0 Å². The number of nitrogens with two attached hydrogens (primary N) is 1. The van der Waals surface area contributed by atoms with E-state index in [1.54, 1.807) is 7.11 Å². The normalized spacial score (nSPS) is 13.0. The standard InChI is InChI=1S/C12H22N2O/c1-11(13)9-12-5-7-14(10-12)6-3-4-8-15-2/h5,7,10-11H,3-4,6,8-9,13H2,1-2H3. The molecule has 0 amide bonds. The maximum atomic E-state index is 5.75. The molecule has 0 aliphatic carbocycles. The average molecular weight is 210 g/mol. The molecular formula is C12H22N2O. The highest BCUT2D eigenvalue weighted by Gasteiger charge is 2.00. The van der Waals surface area contributed by atoms with Gasteiger partial charge in [0, 0.05) is 38.7 Å². The molecule has 0 spiro atoms. The summed E-state index contributed by atoms with van der Waals surface area (Å²) in [6, 6.07) is 2.40. The van der Waals surface area contributed by atoms with Crippen molar-refractivity contribution in [2.24, 2.45) is 5.73 Å². The van der Waals surface area contributed by atoms with E-state index in [1.165, 1.54) is 12.0 Å². The van der Waals surface area contributed by atoms with Gasteiger partial charge in [0.05, 0.1) is 0 Å². The van der Waals surface area contributed by atoms with Crippen LogP contribution in [-0.4, -0.2) is 24.3 Å². The van der Waals surface area contributed by atoms with Crippen LogP contribution in [0.1, 0.15) is 25.3 Å². The summed E-state index contributed by atoms with van der Waals surface area (Å²) in [6.45, 7) is 3.96. The minimum Gasteiger partial charge on any atom is -0.385 e. The summed E-state index contributed by atoms with van der Waals surface area (Å²) < 4.78 is 7.24. The molecule has 0 saturated heterocycles. The maximum absolute atomic E-state index is 5.75. The molecule has 0 bridgehead atoms. The fourth-order valence-corrected chi connectivity index (χ4v) is 1.66. The van der Waals surface area contributed by atoms with Crippen molar-refractivity contribution in [3.05, 3.63) is 24.0 Å². The average Bonchev–Trinajstić information content (AvgIpc) is 2.59. The molecule has 0 aliphatic rings. The molecule has 3 heteroatoms. The summed E-state index contributed by atoms with van der Waals surface area (Å²) in [6.07, 6.45) is 7.57. The second-order valence-corrected chi connectivity index (χ2v) is 4.14. The van der Waals surface area contributed by atoms with E-state index in [-0.39, 0.29) is 6.04 Å². The molecule has 1 heterocycles. The number of methoxy groups -OCH3 is 1. The minimum absolute atomic E-state index is 0.245. The molecule has 1 rings (SSSR count). The largest absolute Gasteiger partial charge is 0.385 e. The highest BCUT2D eigenvalue weighted by Crippen LogP contribution is 2.05. The summed E-state index contributed by atoms with van der Waals surface area (Å²) in [5.41, 5.74) is 7.08. The Morgan fingerprint density at radius 3 is 2.93 bits per heavy atom. The second-order valence-electron chi connectivity index (χ2n) is 4.14. The number of rotatable bonds is 7. The maximum Gasteiger partial charge on any atom is 0.0462 e. The predicted molar refractivity (Wildman–Crippen MR) is 62.9 cm³/mol. The number of nitrogens with zero attached hydrogens (tertiary/aromatic N) is 1. The van der Waals surface area contributed by atoms with E-state index < -0.39 is 0 Å². The van der Waals surface area contributed by atoms with Crippen molar-refractivity contribution in [3.8, 4) is 0 Å². The molecule has 0 aliphatic heterocycles. The van der Waals surface area contributed by atoms with Gasteiger partial charge in [-0.2, -0.15) is 0 Å². The summed E-state index contributed by atoms with van der Waals surface area (Å²) in [4.78, 5) is 0. The molecule has 0 radical (unpaired) electrons. The zero-order valence-corrected chi connectivity index (χ0v) is 9.78. The van der Waals surface area contributed by atoms with Crippen molar-refractivity contribution in [2.45, 2.75) is 38.8 Å². The third-order valence-electron chi connectivity index (χ3n) is 2.38. The zero-order valence-electron chi connectivity index (χ0n) is 9.78. The van der Waals surface area contributed by atoms with Crippen LogP contribution in [0.2, 0.25) is 0 Å². The Bertz CT molecular complexity index is 268. The van der Waals surface area contributed by atoms with Gasteiger partial charge in [0.25, 0.3) is 0 Å². The van der Waals surface area contributed by atoms with Crippen LogP contribution in [0.25, 0.3) is 0 Å². The summed E-state index contributed by atoms with van der Waals surface area (Å²) in [7, 11) is 1.75. The Hall–Kier alpha value is -0.800. The van der Waals surface area contributed by atoms with E-state index in [1.807, 2.05) is 6.92 Å². The third kappa shape index (κ3) is 5.00. The highest BCUT2D eigenvalue weighted by atomic mass is 16.5. The summed E-state index contributed by atoms with van der Waals surface area (Å²) in [5.74, 6) is 0. The summed E-state index contributed by atoms with van der Waals surface area (Å²) in [5, 5.41) is 0. The van der Waals surface area contributed by atoms with Gasteiger partial charge in [-0.05, 0) is 37.8 Å². The van der Waals surface area contributed by atoms with Gasteiger partial charge in [-0.1, -0.05) is 0 Å². The Morgan fingerprint density at radius 2 is 2.27 bits per heavy atom. The van der Waals surface area contributed by atoms with Crippen LogP contribution in [0, 0.1) is 0 Å². The summed E-state index contributed by atoms with van der Waals surface area (Å²) >= 11 is 0. The molecule has 0 fully saturated rings.